The molecule has 1 fully saturated rings. The van der Waals surface area contributed by atoms with Crippen molar-refractivity contribution in [3.8, 4) is 11.6 Å². The molecule has 1 unspecified atom stereocenters. The van der Waals surface area contributed by atoms with Crippen LogP contribution in [0.4, 0.5) is 17.6 Å². The van der Waals surface area contributed by atoms with Gasteiger partial charge in [-0.05, 0) is 54.1 Å². The maximum atomic E-state index is 16.6. The van der Waals surface area contributed by atoms with Gasteiger partial charge in [0, 0.05) is 6.42 Å². The van der Waals surface area contributed by atoms with E-state index in [0.717, 1.165) is 0 Å². The fraction of sp³-hybridized carbons (Fsp3) is 0.231. The van der Waals surface area contributed by atoms with Crippen LogP contribution < -0.4 is 9.47 Å². The summed E-state index contributed by atoms with van der Waals surface area (Å²) in [6.07, 6.45) is -15.2. The van der Waals surface area contributed by atoms with Gasteiger partial charge in [0.2, 0.25) is 18.3 Å². The molecule has 5 aromatic rings. The minimum atomic E-state index is -4.92. The van der Waals surface area contributed by atoms with E-state index in [1.807, 2.05) is 5.10 Å². The molecule has 0 radical (unpaired) electrons. The van der Waals surface area contributed by atoms with Crippen LogP contribution in [0.3, 0.4) is 0 Å². The predicted octanol–water partition coefficient (Wildman–Crippen LogP) is 6.78. The number of carbonyl (C=O) groups excluding carboxylic acids is 3. The molecule has 0 aliphatic carbocycles. The average molecular weight is 749 g/mol. The molecule has 1 saturated heterocycles. The van der Waals surface area contributed by atoms with E-state index in [-0.39, 0.29) is 23.1 Å². The van der Waals surface area contributed by atoms with Crippen molar-refractivity contribution < 1.29 is 60.4 Å². The van der Waals surface area contributed by atoms with Gasteiger partial charge in [-0.1, -0.05) is 66.7 Å². The average Bonchev–Trinajstić information content (AvgIpc) is 3.59. The number of aromatic nitrogens is 2. The highest BCUT2D eigenvalue weighted by molar-refractivity contribution is 5.90. The van der Waals surface area contributed by atoms with Crippen molar-refractivity contribution in [3.05, 3.63) is 149 Å². The fourth-order valence-corrected chi connectivity index (χ4v) is 5.60. The number of H-pyrrole nitrogens is 1. The quantitative estimate of drug-likeness (QED) is 0.0827. The molecule has 0 amide bonds. The maximum absolute atomic E-state index is 16.6. The van der Waals surface area contributed by atoms with E-state index in [4.69, 9.17) is 28.4 Å². The van der Waals surface area contributed by atoms with Gasteiger partial charge < -0.3 is 28.4 Å². The monoisotopic (exact) mass is 748 g/mol. The topological polar surface area (TPSA) is 135 Å². The first-order chi connectivity index (χ1) is 26.0. The van der Waals surface area contributed by atoms with Crippen molar-refractivity contribution in [3.63, 3.8) is 0 Å². The Bertz CT molecular complexity index is 2030. The lowest BCUT2D eigenvalue weighted by Crippen LogP contribution is -2.61. The first-order valence-electron chi connectivity index (χ1n) is 16.5. The lowest BCUT2D eigenvalue weighted by atomic mass is 9.99. The molecule has 280 valence electrons. The molecule has 0 saturated carbocycles. The van der Waals surface area contributed by atoms with Crippen LogP contribution >= 0.6 is 0 Å². The fourth-order valence-electron chi connectivity index (χ4n) is 5.60. The van der Waals surface area contributed by atoms with E-state index in [1.54, 1.807) is 66.7 Å². The molecule has 1 aliphatic heterocycles. The van der Waals surface area contributed by atoms with Crippen LogP contribution in [0.15, 0.2) is 115 Å². The Kier molecular flexibility index (Phi) is 11.6. The maximum Gasteiger partial charge on any atom is 0.433 e. The van der Waals surface area contributed by atoms with Crippen molar-refractivity contribution in [2.24, 2.45) is 0 Å². The van der Waals surface area contributed by atoms with Crippen molar-refractivity contribution in [1.82, 2.24) is 10.2 Å². The van der Waals surface area contributed by atoms with Gasteiger partial charge in [-0.25, -0.2) is 18.8 Å². The molecule has 4 aromatic carbocycles. The highest BCUT2D eigenvalue weighted by atomic mass is 19.4. The zero-order valence-electron chi connectivity index (χ0n) is 28.4. The summed E-state index contributed by atoms with van der Waals surface area (Å²) in [6.45, 7) is -0.763. The number of nitrogens with one attached hydrogen (secondary N) is 1. The van der Waals surface area contributed by atoms with Gasteiger partial charge in [0.1, 0.15) is 24.2 Å². The van der Waals surface area contributed by atoms with Gasteiger partial charge >= 0.3 is 24.1 Å². The molecule has 5 atom stereocenters. The third kappa shape index (κ3) is 8.86. The second kappa shape index (κ2) is 16.6. The van der Waals surface area contributed by atoms with Crippen molar-refractivity contribution in [2.75, 3.05) is 13.7 Å². The smallest absolute Gasteiger partial charge is 0.433 e. The lowest BCUT2D eigenvalue weighted by Gasteiger charge is -2.41. The number of esters is 3. The van der Waals surface area contributed by atoms with Crippen molar-refractivity contribution >= 4 is 17.9 Å². The second-order valence-electron chi connectivity index (χ2n) is 11.9. The lowest BCUT2D eigenvalue weighted by molar-refractivity contribution is -0.264. The van der Waals surface area contributed by atoms with Gasteiger partial charge in [-0.3, -0.25) is 5.10 Å². The van der Waals surface area contributed by atoms with Gasteiger partial charge in [-0.15, -0.1) is 5.10 Å². The highest BCUT2D eigenvalue weighted by Gasteiger charge is 2.53. The normalized spacial score (nSPS) is 19.7. The summed E-state index contributed by atoms with van der Waals surface area (Å²) in [5.74, 6) is -3.05. The first kappa shape index (κ1) is 37.5. The second-order valence-corrected chi connectivity index (χ2v) is 11.9. The summed E-state index contributed by atoms with van der Waals surface area (Å²) in [5, 5.41) is 5.73. The number of hydrogen-bond donors (Lipinski definition) is 1. The summed E-state index contributed by atoms with van der Waals surface area (Å²) in [4.78, 5) is 39.6. The Morgan fingerprint density at radius 1 is 0.741 bits per heavy atom. The molecule has 11 nitrogen and oxygen atoms in total. The minimum absolute atomic E-state index is 0.0118. The highest BCUT2D eigenvalue weighted by Crippen LogP contribution is 2.38. The Hall–Kier alpha value is -6.22. The summed E-state index contributed by atoms with van der Waals surface area (Å²) in [7, 11) is 1.44. The Morgan fingerprint density at radius 3 is 1.78 bits per heavy atom. The van der Waals surface area contributed by atoms with Gasteiger partial charge in [0.15, 0.2) is 12.3 Å². The minimum Gasteiger partial charge on any atom is -0.497 e. The molecule has 15 heteroatoms. The van der Waals surface area contributed by atoms with Crippen LogP contribution in [0.1, 0.15) is 47.9 Å². The number of benzene rings is 4. The van der Waals surface area contributed by atoms with E-state index in [0.29, 0.717) is 11.3 Å². The van der Waals surface area contributed by atoms with E-state index < -0.39 is 78.6 Å². The van der Waals surface area contributed by atoms with Crippen LogP contribution in [-0.2, 0) is 31.5 Å². The number of aromatic amines is 1. The molecule has 1 aliphatic rings. The van der Waals surface area contributed by atoms with Gasteiger partial charge in [-0.2, -0.15) is 13.2 Å². The summed E-state index contributed by atoms with van der Waals surface area (Å²) >= 11 is 0. The molecule has 2 heterocycles. The van der Waals surface area contributed by atoms with E-state index in [9.17, 15) is 27.6 Å². The predicted molar refractivity (Wildman–Crippen MR) is 182 cm³/mol. The molecule has 0 bridgehead atoms. The number of nitrogens with zero attached hydrogens (tertiary/aromatic N) is 1. The third-order valence-corrected chi connectivity index (χ3v) is 8.34. The van der Waals surface area contributed by atoms with E-state index in [2.05, 4.69) is 5.10 Å². The summed E-state index contributed by atoms with van der Waals surface area (Å²) < 4.78 is 93.1. The molecule has 1 N–H and O–H groups in total. The van der Waals surface area contributed by atoms with Crippen LogP contribution in [0.25, 0.3) is 0 Å². The Labute approximate surface area is 305 Å². The van der Waals surface area contributed by atoms with Gasteiger partial charge in [0.05, 0.1) is 29.4 Å². The molecule has 6 rings (SSSR count). The zero-order chi connectivity index (χ0) is 38.2. The molecular formula is C39H32F4N2O9. The molecule has 0 spiro atoms. The first-order valence-corrected chi connectivity index (χ1v) is 16.5. The van der Waals surface area contributed by atoms with Crippen molar-refractivity contribution in [1.29, 1.82) is 0 Å². The SMILES string of the molecule is COc1ccc(Cc2c(O[C@@H]3O[C@H](COC(=O)c4ccccc4)[C@@H](F)[C@H](OC(=O)c4ccccc4)C3OC(=O)c3ccccc3)n[nH]c2C(F)(F)F)cc1. The van der Waals surface area contributed by atoms with Gasteiger partial charge in [0.25, 0.3) is 0 Å². The number of carbonyl (C=O) groups is 3. The van der Waals surface area contributed by atoms with E-state index >= 15 is 4.39 Å². The van der Waals surface area contributed by atoms with Crippen LogP contribution in [0, 0.1) is 0 Å². The number of hydrogen-bond acceptors (Lipinski definition) is 10. The third-order valence-electron chi connectivity index (χ3n) is 8.34. The number of alkyl halides is 4. The van der Waals surface area contributed by atoms with Crippen LogP contribution in [-0.4, -0.2) is 72.6 Å². The Balaban J connectivity index is 1.38. The number of ether oxygens (including phenoxy) is 6. The van der Waals surface area contributed by atoms with Crippen LogP contribution in [0.2, 0.25) is 0 Å². The molecule has 1 aromatic heterocycles. The zero-order valence-corrected chi connectivity index (χ0v) is 28.4. The standard InChI is InChI=1S/C39H32F4N2O9/c1-49-27-19-17-23(18-20-27)21-28-33(39(41,42)43)44-45-34(28)54-38-32(53-37(48)26-15-9-4-10-16-26)31(52-36(47)25-13-7-3-8-14-25)30(40)29(51-38)22-50-35(46)24-11-5-2-6-12-24/h2-20,29-32,38H,21-22H2,1H3,(H,44,45)/t29-,30-,31+,32?,38+/m1/s1. The Morgan fingerprint density at radius 2 is 1.26 bits per heavy atom. The molecule has 54 heavy (non-hydrogen) atoms. The van der Waals surface area contributed by atoms with Crippen LogP contribution in [0.5, 0.6) is 11.6 Å². The number of rotatable bonds is 12. The number of halogens is 4. The van der Waals surface area contributed by atoms with E-state index in [1.165, 1.54) is 55.6 Å². The summed E-state index contributed by atoms with van der Waals surface area (Å²) in [6, 6.07) is 29.0. The number of methoxy groups -OCH3 is 1. The van der Waals surface area contributed by atoms with Crippen molar-refractivity contribution in [2.45, 2.75) is 43.4 Å². The summed E-state index contributed by atoms with van der Waals surface area (Å²) in [5.41, 5.74) is -1.14. The molecular weight excluding hydrogens is 716 g/mol. The largest absolute Gasteiger partial charge is 0.497 e.